The van der Waals surface area contributed by atoms with Gasteiger partial charge in [-0.3, -0.25) is 0 Å². The van der Waals surface area contributed by atoms with E-state index in [9.17, 15) is 9.59 Å². The molecule has 2 aliphatic heterocycles. The molecule has 0 N–H and O–H groups in total. The molecule has 0 aliphatic carbocycles. The van der Waals surface area contributed by atoms with Crippen LogP contribution in [0.5, 0.6) is 0 Å². The summed E-state index contributed by atoms with van der Waals surface area (Å²) < 4.78 is 46.3. The molecule has 0 saturated carbocycles. The molecule has 10 nitrogen and oxygen atoms in total. The van der Waals surface area contributed by atoms with Gasteiger partial charge in [-0.1, -0.05) is 39.8 Å². The molecule has 2 heterocycles. The summed E-state index contributed by atoms with van der Waals surface area (Å²) in [6, 6.07) is 1.69. The van der Waals surface area contributed by atoms with Gasteiger partial charge in [-0.15, -0.1) is 0 Å². The SMILES string of the molecule is C=C(C)C(=O)OC1CCC[Si](OC)(OC)C1(CCC)OC.C=CC(=O)OC1CCC[Si](OC)(OC)C1(CCC)OC. The number of ether oxygens (including phenoxy) is 4. The van der Waals surface area contributed by atoms with Crippen LogP contribution in [0, 0.1) is 0 Å². The van der Waals surface area contributed by atoms with E-state index < -0.39 is 33.5 Å². The Labute approximate surface area is 249 Å². The van der Waals surface area contributed by atoms with Crippen molar-refractivity contribution in [3.63, 3.8) is 0 Å². The molecule has 0 spiro atoms. The fraction of sp³-hybridized carbons (Fsp3) is 0.793. The van der Waals surface area contributed by atoms with Gasteiger partial charge in [0.1, 0.15) is 22.7 Å². The van der Waals surface area contributed by atoms with Gasteiger partial charge in [-0.05, 0) is 57.5 Å². The van der Waals surface area contributed by atoms with Crippen molar-refractivity contribution in [2.24, 2.45) is 0 Å². The van der Waals surface area contributed by atoms with E-state index in [4.69, 9.17) is 36.7 Å². The fourth-order valence-corrected chi connectivity index (χ4v) is 14.6. The second-order valence-electron chi connectivity index (χ2n) is 10.6. The summed E-state index contributed by atoms with van der Waals surface area (Å²) in [7, 11) is 4.74. The van der Waals surface area contributed by atoms with Crippen LogP contribution in [0.1, 0.15) is 72.1 Å². The van der Waals surface area contributed by atoms with Crippen LogP contribution < -0.4 is 0 Å². The first-order valence-corrected chi connectivity index (χ1v) is 18.5. The van der Waals surface area contributed by atoms with Gasteiger partial charge in [-0.2, -0.15) is 0 Å². The van der Waals surface area contributed by atoms with E-state index in [1.165, 1.54) is 6.08 Å². The Hall–Kier alpha value is -1.39. The Morgan fingerprint density at radius 1 is 0.780 bits per heavy atom. The summed E-state index contributed by atoms with van der Waals surface area (Å²) in [6.07, 6.45) is 7.08. The highest BCUT2D eigenvalue weighted by Gasteiger charge is 2.65. The van der Waals surface area contributed by atoms with Crippen LogP contribution in [0.3, 0.4) is 0 Å². The largest absolute Gasteiger partial charge is 0.456 e. The lowest BCUT2D eigenvalue weighted by atomic mass is 10.0. The van der Waals surface area contributed by atoms with Crippen LogP contribution in [0.15, 0.2) is 24.8 Å². The summed E-state index contributed by atoms with van der Waals surface area (Å²) in [5, 5.41) is -1.34. The Morgan fingerprint density at radius 2 is 1.17 bits per heavy atom. The average Bonchev–Trinajstić information content (AvgIpc) is 2.98. The quantitative estimate of drug-likeness (QED) is 0.149. The Bertz CT molecular complexity index is 861. The van der Waals surface area contributed by atoms with E-state index in [-0.39, 0.29) is 18.2 Å². The molecule has 0 bridgehead atoms. The zero-order valence-corrected chi connectivity index (χ0v) is 28.8. The van der Waals surface area contributed by atoms with Gasteiger partial charge in [0.25, 0.3) is 0 Å². The van der Waals surface area contributed by atoms with Gasteiger partial charge in [-0.25, -0.2) is 9.59 Å². The van der Waals surface area contributed by atoms with Gasteiger partial charge >= 0.3 is 29.1 Å². The minimum Gasteiger partial charge on any atom is -0.456 e. The number of methoxy groups -OCH3 is 2. The molecule has 12 heteroatoms. The van der Waals surface area contributed by atoms with E-state index in [1.807, 2.05) is 0 Å². The summed E-state index contributed by atoms with van der Waals surface area (Å²) in [6.45, 7) is 12.9. The average molecular weight is 619 g/mol. The Balaban J connectivity index is 0.000000410. The molecule has 0 aromatic carbocycles. The summed E-state index contributed by atoms with van der Waals surface area (Å²) in [5.74, 6) is -0.806. The molecule has 0 amide bonds. The lowest BCUT2D eigenvalue weighted by molar-refractivity contribution is -0.163. The Morgan fingerprint density at radius 3 is 1.46 bits per heavy atom. The molecule has 2 fully saturated rings. The van der Waals surface area contributed by atoms with Crippen LogP contribution >= 0.6 is 0 Å². The first-order chi connectivity index (χ1) is 19.5. The van der Waals surface area contributed by atoms with Crippen LogP contribution in [0.2, 0.25) is 12.1 Å². The zero-order valence-electron chi connectivity index (χ0n) is 26.8. The summed E-state index contributed by atoms with van der Waals surface area (Å²) in [4.78, 5) is 23.6. The van der Waals surface area contributed by atoms with Crippen LogP contribution in [0.25, 0.3) is 0 Å². The van der Waals surface area contributed by atoms with E-state index in [0.717, 1.165) is 63.5 Å². The molecule has 4 unspecified atom stereocenters. The molecule has 2 aliphatic rings. The van der Waals surface area contributed by atoms with E-state index >= 15 is 0 Å². The highest BCUT2D eigenvalue weighted by atomic mass is 28.4. The number of carbonyl (C=O) groups is 2. The third-order valence-corrected chi connectivity index (χ3v) is 17.4. The molecule has 0 radical (unpaired) electrons. The number of hydrogen-bond donors (Lipinski definition) is 0. The van der Waals surface area contributed by atoms with Crippen LogP contribution in [-0.4, -0.2) is 94.4 Å². The molecule has 2 saturated heterocycles. The number of hydrogen-bond acceptors (Lipinski definition) is 10. The maximum atomic E-state index is 12.0. The highest BCUT2D eigenvalue weighted by molar-refractivity contribution is 6.71. The normalized spacial score (nSPS) is 28.5. The van der Waals surface area contributed by atoms with Crippen molar-refractivity contribution in [3.05, 3.63) is 24.8 Å². The van der Waals surface area contributed by atoms with Gasteiger partial charge < -0.3 is 36.7 Å². The molecule has 2 rings (SSSR count). The topological polar surface area (TPSA) is 108 Å². The molecular weight excluding hydrogens is 564 g/mol. The van der Waals surface area contributed by atoms with Crippen molar-refractivity contribution in [2.45, 2.75) is 107 Å². The van der Waals surface area contributed by atoms with Crippen molar-refractivity contribution in [2.75, 3.05) is 42.7 Å². The highest BCUT2D eigenvalue weighted by Crippen LogP contribution is 2.45. The van der Waals surface area contributed by atoms with Gasteiger partial charge in [0.2, 0.25) is 0 Å². The molecule has 41 heavy (non-hydrogen) atoms. The second kappa shape index (κ2) is 17.0. The van der Waals surface area contributed by atoms with E-state index in [1.54, 1.807) is 49.6 Å². The van der Waals surface area contributed by atoms with E-state index in [0.29, 0.717) is 5.57 Å². The molecule has 0 aromatic heterocycles. The first-order valence-electron chi connectivity index (χ1n) is 14.5. The summed E-state index contributed by atoms with van der Waals surface area (Å²) in [5.41, 5.74) is 0.393. The van der Waals surface area contributed by atoms with Crippen LogP contribution in [-0.2, 0) is 46.2 Å². The minimum absolute atomic E-state index is 0.349. The van der Waals surface area contributed by atoms with Crippen molar-refractivity contribution in [3.8, 4) is 0 Å². The number of esters is 2. The zero-order chi connectivity index (χ0) is 31.3. The van der Waals surface area contributed by atoms with Crippen molar-refractivity contribution in [1.29, 1.82) is 0 Å². The molecule has 238 valence electrons. The van der Waals surface area contributed by atoms with Crippen molar-refractivity contribution >= 4 is 29.1 Å². The van der Waals surface area contributed by atoms with Crippen molar-refractivity contribution in [1.82, 2.24) is 0 Å². The second-order valence-corrected chi connectivity index (χ2v) is 17.9. The van der Waals surface area contributed by atoms with Gasteiger partial charge in [0.05, 0.1) is 0 Å². The van der Waals surface area contributed by atoms with Gasteiger partial charge in [0, 0.05) is 54.3 Å². The minimum atomic E-state index is -2.63. The maximum absolute atomic E-state index is 12.0. The first kappa shape index (κ1) is 37.6. The lowest BCUT2D eigenvalue weighted by Gasteiger charge is -2.51. The smallest absolute Gasteiger partial charge is 0.374 e. The molecule has 0 aromatic rings. The standard InChI is InChI=1S/C15H28O5Si.C14H26O5Si/c1-7-10-15(17-4)13(20-14(16)12(2)3)9-8-11-21(15,18-5)19-6;1-6-10-14(16-3)12(19-13(15)7-2)9-8-11-20(14,17-4)18-5/h13H,2,7-11H2,1,3-6H3;7,12H,2,6,8-11H2,1,3-5H3. The van der Waals surface area contributed by atoms with Crippen LogP contribution in [0.4, 0.5) is 0 Å². The monoisotopic (exact) mass is 618 g/mol. The number of rotatable bonds is 14. The van der Waals surface area contributed by atoms with E-state index in [2.05, 4.69) is 27.0 Å². The lowest BCUT2D eigenvalue weighted by Crippen LogP contribution is -2.71. The predicted octanol–water partition coefficient (Wildman–Crippen LogP) is 5.07. The third-order valence-electron chi connectivity index (χ3n) is 8.59. The Kier molecular flexibility index (Phi) is 15.6. The molecular formula is C29H54O10Si2. The van der Waals surface area contributed by atoms with Crippen molar-refractivity contribution < 1.29 is 46.2 Å². The van der Waals surface area contributed by atoms with Gasteiger partial charge in [0.15, 0.2) is 0 Å². The summed E-state index contributed by atoms with van der Waals surface area (Å²) >= 11 is 0. The number of carbonyl (C=O) groups excluding carboxylic acids is 2. The molecule has 4 atom stereocenters. The predicted molar refractivity (Wildman–Crippen MR) is 162 cm³/mol. The maximum Gasteiger partial charge on any atom is 0.374 e. The third kappa shape index (κ3) is 7.58. The fourth-order valence-electron chi connectivity index (χ4n) is 6.64.